The Morgan fingerprint density at radius 2 is 1.66 bits per heavy atom. The predicted octanol–water partition coefficient (Wildman–Crippen LogP) is 3.57. The van der Waals surface area contributed by atoms with Crippen LogP contribution < -0.4 is 9.47 Å². The number of nitrogens with one attached hydrogen (secondary N) is 1. The van der Waals surface area contributed by atoms with E-state index in [4.69, 9.17) is 14.2 Å². The number of piperazine rings is 1. The van der Waals surface area contributed by atoms with Gasteiger partial charge in [-0.1, -0.05) is 0 Å². The Hall–Kier alpha value is -2.78. The molecule has 35 heavy (non-hydrogen) atoms. The second-order valence-electron chi connectivity index (χ2n) is 8.18. The summed E-state index contributed by atoms with van der Waals surface area (Å²) in [6.07, 6.45) is 1.91. The van der Waals surface area contributed by atoms with Crippen molar-refractivity contribution in [3.8, 4) is 11.5 Å². The van der Waals surface area contributed by atoms with Crippen LogP contribution in [0.15, 0.2) is 48.7 Å². The van der Waals surface area contributed by atoms with Crippen molar-refractivity contribution in [3.05, 3.63) is 59.8 Å². The number of ether oxygens (including phenoxy) is 3. The van der Waals surface area contributed by atoms with Crippen LogP contribution in [0.4, 0.5) is 0 Å². The number of esters is 2. The maximum Gasteiger partial charge on any atom is 0.338 e. The Morgan fingerprint density at radius 1 is 0.971 bits per heavy atom. The van der Waals surface area contributed by atoms with Gasteiger partial charge in [0.15, 0.2) is 0 Å². The number of nitrogens with zero attached hydrogens (tertiary/aromatic N) is 2. The summed E-state index contributed by atoms with van der Waals surface area (Å²) in [7, 11) is 3.72. The van der Waals surface area contributed by atoms with Crippen molar-refractivity contribution in [2.24, 2.45) is 0 Å². The molecular formula is C25H31Cl2N3O5. The summed E-state index contributed by atoms with van der Waals surface area (Å²) in [6.45, 7) is 5.12. The Bertz CT molecular complexity index is 1110. The number of benzene rings is 2. The van der Waals surface area contributed by atoms with Gasteiger partial charge in [0.05, 0.1) is 19.1 Å². The van der Waals surface area contributed by atoms with Crippen LogP contribution in [0.1, 0.15) is 15.9 Å². The number of H-pyrrole nitrogens is 1. The quantitative estimate of drug-likeness (QED) is 0.356. The fourth-order valence-electron chi connectivity index (χ4n) is 3.84. The van der Waals surface area contributed by atoms with Gasteiger partial charge < -0.3 is 24.1 Å². The highest BCUT2D eigenvalue weighted by Crippen LogP contribution is 2.24. The number of rotatable bonds is 8. The summed E-state index contributed by atoms with van der Waals surface area (Å²) in [5.74, 6) is 0.338. The summed E-state index contributed by atoms with van der Waals surface area (Å²) in [4.78, 5) is 32.5. The predicted molar refractivity (Wildman–Crippen MR) is 139 cm³/mol. The lowest BCUT2D eigenvalue weighted by atomic mass is 10.1. The Balaban J connectivity index is 0.00000216. The molecule has 4 rings (SSSR count). The minimum absolute atomic E-state index is 0. The highest BCUT2D eigenvalue weighted by molar-refractivity contribution is 5.90. The van der Waals surface area contributed by atoms with Crippen molar-refractivity contribution in [2.45, 2.75) is 6.42 Å². The molecule has 0 radical (unpaired) electrons. The van der Waals surface area contributed by atoms with E-state index < -0.39 is 0 Å². The molecule has 2 aromatic carbocycles. The minimum atomic E-state index is -0.388. The van der Waals surface area contributed by atoms with E-state index >= 15 is 0 Å². The molecule has 0 bridgehead atoms. The van der Waals surface area contributed by atoms with Crippen molar-refractivity contribution in [1.82, 2.24) is 14.8 Å². The lowest BCUT2D eigenvalue weighted by Crippen LogP contribution is -2.45. The molecule has 190 valence electrons. The van der Waals surface area contributed by atoms with Gasteiger partial charge in [-0.2, -0.15) is 0 Å². The summed E-state index contributed by atoms with van der Waals surface area (Å²) in [5, 5.41) is 0.918. The molecule has 0 unspecified atom stereocenters. The van der Waals surface area contributed by atoms with Gasteiger partial charge >= 0.3 is 11.9 Å². The standard InChI is InChI=1S/C25H29N3O5.2ClH/c1-27-9-11-28(12-10-27)13-14-32-25(30)18-3-5-20(6-4-18)33-24(29)15-19-17-26-23-8-7-21(31-2)16-22(19)23;;/h3-8,16-17,26H,9-15H2,1-2H3;2*1H. The largest absolute Gasteiger partial charge is 0.497 e. The van der Waals surface area contributed by atoms with Crippen LogP contribution in [0.2, 0.25) is 0 Å². The first-order valence-electron chi connectivity index (χ1n) is 11.0. The molecule has 1 aliphatic heterocycles. The monoisotopic (exact) mass is 523 g/mol. The number of hydrogen-bond acceptors (Lipinski definition) is 7. The highest BCUT2D eigenvalue weighted by Gasteiger charge is 2.15. The molecule has 10 heteroatoms. The number of carbonyl (C=O) groups excluding carboxylic acids is 2. The van der Waals surface area contributed by atoms with Crippen LogP contribution >= 0.6 is 24.8 Å². The van der Waals surface area contributed by atoms with E-state index in [-0.39, 0.29) is 43.2 Å². The maximum absolute atomic E-state index is 12.4. The molecule has 0 amide bonds. The third-order valence-electron chi connectivity index (χ3n) is 5.87. The lowest BCUT2D eigenvalue weighted by Gasteiger charge is -2.32. The van der Waals surface area contributed by atoms with E-state index in [1.807, 2.05) is 18.2 Å². The Labute approximate surface area is 217 Å². The van der Waals surface area contributed by atoms with Crippen molar-refractivity contribution < 1.29 is 23.8 Å². The summed E-state index contributed by atoms with van der Waals surface area (Å²) in [5.41, 5.74) is 2.18. The lowest BCUT2D eigenvalue weighted by molar-refractivity contribution is -0.133. The molecule has 3 aromatic rings. The van der Waals surface area contributed by atoms with Crippen LogP contribution in [0.3, 0.4) is 0 Å². The van der Waals surface area contributed by atoms with E-state index in [9.17, 15) is 9.59 Å². The van der Waals surface area contributed by atoms with Gasteiger partial charge in [-0.15, -0.1) is 24.8 Å². The van der Waals surface area contributed by atoms with Gasteiger partial charge in [0.25, 0.3) is 0 Å². The van der Waals surface area contributed by atoms with Crippen LogP contribution in [-0.4, -0.2) is 80.2 Å². The Kier molecular flexibility index (Phi) is 10.9. The molecule has 0 aliphatic carbocycles. The van der Waals surface area contributed by atoms with E-state index in [1.165, 1.54) is 0 Å². The van der Waals surface area contributed by atoms with Gasteiger partial charge in [-0.05, 0) is 55.1 Å². The molecule has 1 N–H and O–H groups in total. The first kappa shape index (κ1) is 28.5. The maximum atomic E-state index is 12.4. The van der Waals surface area contributed by atoms with Crippen molar-refractivity contribution in [2.75, 3.05) is 53.5 Å². The fourth-order valence-corrected chi connectivity index (χ4v) is 3.84. The number of hydrogen-bond donors (Lipinski definition) is 1. The summed E-state index contributed by atoms with van der Waals surface area (Å²) < 4.78 is 16.1. The second-order valence-corrected chi connectivity index (χ2v) is 8.18. The fraction of sp³-hybridized carbons (Fsp3) is 0.360. The van der Waals surface area contributed by atoms with Gasteiger partial charge in [-0.25, -0.2) is 4.79 Å². The number of methoxy groups -OCH3 is 1. The zero-order chi connectivity index (χ0) is 23.2. The van der Waals surface area contributed by atoms with Crippen LogP contribution in [0.25, 0.3) is 10.9 Å². The Morgan fingerprint density at radius 3 is 2.34 bits per heavy atom. The third kappa shape index (κ3) is 7.60. The van der Waals surface area contributed by atoms with Gasteiger partial charge in [0.2, 0.25) is 0 Å². The van der Waals surface area contributed by atoms with Crippen molar-refractivity contribution >= 4 is 47.7 Å². The zero-order valence-electron chi connectivity index (χ0n) is 19.8. The number of carbonyl (C=O) groups is 2. The molecule has 1 aromatic heterocycles. The number of fused-ring (bicyclic) bond motifs is 1. The van der Waals surface area contributed by atoms with Crippen LogP contribution in [-0.2, 0) is 16.0 Å². The van der Waals surface area contributed by atoms with Crippen molar-refractivity contribution in [1.29, 1.82) is 0 Å². The SMILES string of the molecule is COc1ccc2[nH]cc(CC(=O)Oc3ccc(C(=O)OCCN4CCN(C)CC4)cc3)c2c1.Cl.Cl. The average Bonchev–Trinajstić information content (AvgIpc) is 3.22. The molecule has 2 heterocycles. The summed E-state index contributed by atoms with van der Waals surface area (Å²) >= 11 is 0. The average molecular weight is 524 g/mol. The molecule has 1 fully saturated rings. The van der Waals surface area contributed by atoms with Gasteiger partial charge in [0.1, 0.15) is 18.1 Å². The third-order valence-corrected chi connectivity index (χ3v) is 5.87. The topological polar surface area (TPSA) is 84.1 Å². The van der Waals surface area contributed by atoms with E-state index in [1.54, 1.807) is 37.6 Å². The zero-order valence-corrected chi connectivity index (χ0v) is 21.5. The normalized spacial score (nSPS) is 14.0. The first-order valence-corrected chi connectivity index (χ1v) is 11.0. The van der Waals surface area contributed by atoms with E-state index in [0.29, 0.717) is 17.9 Å². The molecule has 8 nitrogen and oxygen atoms in total. The second kappa shape index (κ2) is 13.3. The molecule has 1 aliphatic rings. The van der Waals surface area contributed by atoms with Crippen molar-refractivity contribution in [3.63, 3.8) is 0 Å². The highest BCUT2D eigenvalue weighted by atomic mass is 35.5. The van der Waals surface area contributed by atoms with Crippen LogP contribution in [0, 0.1) is 0 Å². The van der Waals surface area contributed by atoms with Gasteiger partial charge in [0, 0.05) is 49.8 Å². The molecule has 0 spiro atoms. The van der Waals surface area contributed by atoms with E-state index in [2.05, 4.69) is 21.8 Å². The number of aromatic amines is 1. The smallest absolute Gasteiger partial charge is 0.338 e. The van der Waals surface area contributed by atoms with E-state index in [0.717, 1.165) is 54.9 Å². The summed E-state index contributed by atoms with van der Waals surface area (Å²) in [6, 6.07) is 12.1. The molecule has 1 saturated heterocycles. The number of halogens is 2. The minimum Gasteiger partial charge on any atom is -0.497 e. The molecular weight excluding hydrogens is 493 g/mol. The first-order chi connectivity index (χ1) is 16.0. The molecule has 0 saturated carbocycles. The number of likely N-dealkylation sites (N-methyl/N-ethyl adjacent to an activating group) is 1. The van der Waals surface area contributed by atoms with Gasteiger partial charge in [-0.3, -0.25) is 9.69 Å². The van der Waals surface area contributed by atoms with Crippen LogP contribution in [0.5, 0.6) is 11.5 Å². The number of aromatic nitrogens is 1. The molecule has 0 atom stereocenters.